The Kier molecular flexibility index (Phi) is 9.13. The van der Waals surface area contributed by atoms with E-state index in [0.29, 0.717) is 5.56 Å². The fourth-order valence-electron chi connectivity index (χ4n) is 3.53. The van der Waals surface area contributed by atoms with E-state index in [1.54, 1.807) is 12.1 Å². The fraction of sp³-hybridized carbons (Fsp3) is 0.435. The Morgan fingerprint density at radius 2 is 1.59 bits per heavy atom. The number of carbonyl (C=O) groups is 1. The van der Waals surface area contributed by atoms with E-state index in [1.165, 1.54) is 24.9 Å². The molecule has 1 aliphatic rings. The summed E-state index contributed by atoms with van der Waals surface area (Å²) in [6, 6.07) is 15.5. The average molecular weight is 419 g/mol. The van der Waals surface area contributed by atoms with Gasteiger partial charge in [0.05, 0.1) is 12.2 Å². The average Bonchev–Trinajstić information content (AvgIpc) is 2.74. The number of aromatic carboxylic acids is 1. The Labute approximate surface area is 179 Å². The summed E-state index contributed by atoms with van der Waals surface area (Å²) >= 11 is 0. The predicted octanol–water partition coefficient (Wildman–Crippen LogP) is 5.09. The maximum Gasteiger partial charge on any atom is 0.335 e. The highest BCUT2D eigenvalue weighted by Gasteiger charge is 2.18. The molecule has 1 saturated heterocycles. The van der Waals surface area contributed by atoms with Gasteiger partial charge in [-0.1, -0.05) is 32.3 Å². The van der Waals surface area contributed by atoms with Crippen LogP contribution >= 0.6 is 12.4 Å². The quantitative estimate of drug-likeness (QED) is 0.574. The van der Waals surface area contributed by atoms with Crippen molar-refractivity contribution in [2.75, 3.05) is 42.6 Å². The summed E-state index contributed by atoms with van der Waals surface area (Å²) in [5.74, 6) is 0.0597. The van der Waals surface area contributed by atoms with E-state index in [4.69, 9.17) is 9.84 Å². The third-order valence-corrected chi connectivity index (χ3v) is 5.21. The number of anilines is 2. The van der Waals surface area contributed by atoms with Crippen molar-refractivity contribution in [3.8, 4) is 5.75 Å². The van der Waals surface area contributed by atoms with Crippen molar-refractivity contribution in [1.29, 1.82) is 0 Å². The Balaban J connectivity index is 0.00000300. The van der Waals surface area contributed by atoms with Gasteiger partial charge >= 0.3 is 5.97 Å². The highest BCUT2D eigenvalue weighted by Crippen LogP contribution is 2.24. The van der Waals surface area contributed by atoms with E-state index in [9.17, 15) is 4.79 Å². The first-order chi connectivity index (χ1) is 13.7. The minimum atomic E-state index is -0.885. The number of benzene rings is 2. The van der Waals surface area contributed by atoms with Crippen LogP contribution in [0.4, 0.5) is 11.4 Å². The van der Waals surface area contributed by atoms with Crippen LogP contribution in [-0.2, 0) is 0 Å². The first kappa shape index (κ1) is 22.9. The molecule has 1 heterocycles. The maximum absolute atomic E-state index is 11.0. The number of ether oxygens (including phenoxy) is 1. The van der Waals surface area contributed by atoms with Crippen molar-refractivity contribution in [2.45, 2.75) is 32.6 Å². The molecule has 1 fully saturated rings. The third kappa shape index (κ3) is 6.57. The van der Waals surface area contributed by atoms with Crippen molar-refractivity contribution in [3.05, 3.63) is 54.1 Å². The SMILES string of the molecule is CCCCCCOc1cccc(N2CCN(c3ccc(C(=O)O)cc3)CC2)c1.Cl. The first-order valence-corrected chi connectivity index (χ1v) is 10.2. The van der Waals surface area contributed by atoms with Crippen molar-refractivity contribution in [2.24, 2.45) is 0 Å². The van der Waals surface area contributed by atoms with Crippen LogP contribution in [0.15, 0.2) is 48.5 Å². The molecule has 0 saturated carbocycles. The minimum absolute atomic E-state index is 0. The van der Waals surface area contributed by atoms with Crippen LogP contribution in [0.2, 0.25) is 0 Å². The molecule has 0 radical (unpaired) electrons. The normalized spacial score (nSPS) is 13.7. The number of halogens is 1. The van der Waals surface area contributed by atoms with Gasteiger partial charge in [-0.15, -0.1) is 12.4 Å². The van der Waals surface area contributed by atoms with Crippen LogP contribution in [0.3, 0.4) is 0 Å². The molecule has 2 aromatic rings. The van der Waals surface area contributed by atoms with Crippen LogP contribution in [0.25, 0.3) is 0 Å². The number of hydrogen-bond acceptors (Lipinski definition) is 4. The van der Waals surface area contributed by atoms with E-state index in [0.717, 1.165) is 50.6 Å². The maximum atomic E-state index is 11.0. The highest BCUT2D eigenvalue weighted by atomic mass is 35.5. The molecule has 6 heteroatoms. The standard InChI is InChI=1S/C23H30N2O3.ClH/c1-2-3-4-5-17-28-22-8-6-7-21(18-22)25-15-13-24(14-16-25)20-11-9-19(10-12-20)23(26)27;/h6-12,18H,2-5,13-17H2,1H3,(H,26,27);1H. The summed E-state index contributed by atoms with van der Waals surface area (Å²) in [7, 11) is 0. The van der Waals surface area contributed by atoms with Crippen LogP contribution in [0.5, 0.6) is 5.75 Å². The van der Waals surface area contributed by atoms with Crippen LogP contribution in [0.1, 0.15) is 43.0 Å². The van der Waals surface area contributed by atoms with Crippen LogP contribution < -0.4 is 14.5 Å². The molecule has 0 spiro atoms. The topological polar surface area (TPSA) is 53.0 Å². The van der Waals surface area contributed by atoms with Gasteiger partial charge in [0.1, 0.15) is 5.75 Å². The molecular formula is C23H31ClN2O3. The van der Waals surface area contributed by atoms with Crippen LogP contribution in [-0.4, -0.2) is 43.9 Å². The molecule has 158 valence electrons. The molecule has 5 nitrogen and oxygen atoms in total. The van der Waals surface area contributed by atoms with E-state index < -0.39 is 5.97 Å². The van der Waals surface area contributed by atoms with Gasteiger partial charge in [-0.3, -0.25) is 0 Å². The van der Waals surface area contributed by atoms with Crippen LogP contribution in [0, 0.1) is 0 Å². The molecule has 0 aromatic heterocycles. The molecule has 0 aliphatic carbocycles. The van der Waals surface area contributed by atoms with Gasteiger partial charge in [0, 0.05) is 43.6 Å². The fourth-order valence-corrected chi connectivity index (χ4v) is 3.53. The zero-order valence-corrected chi connectivity index (χ0v) is 17.9. The second-order valence-electron chi connectivity index (χ2n) is 7.23. The second-order valence-corrected chi connectivity index (χ2v) is 7.23. The molecule has 3 rings (SSSR count). The molecule has 1 aliphatic heterocycles. The van der Waals surface area contributed by atoms with Crippen molar-refractivity contribution in [1.82, 2.24) is 0 Å². The molecule has 0 atom stereocenters. The Bertz CT molecular complexity index is 759. The summed E-state index contributed by atoms with van der Waals surface area (Å²) in [4.78, 5) is 15.7. The number of nitrogens with zero attached hydrogens (tertiary/aromatic N) is 2. The van der Waals surface area contributed by atoms with Gasteiger partial charge in [-0.25, -0.2) is 4.79 Å². The molecular weight excluding hydrogens is 388 g/mol. The lowest BCUT2D eigenvalue weighted by molar-refractivity contribution is 0.0697. The molecule has 29 heavy (non-hydrogen) atoms. The minimum Gasteiger partial charge on any atom is -0.494 e. The monoisotopic (exact) mass is 418 g/mol. The molecule has 1 N–H and O–H groups in total. The number of piperazine rings is 1. The largest absolute Gasteiger partial charge is 0.494 e. The summed E-state index contributed by atoms with van der Waals surface area (Å²) in [6.45, 7) is 6.68. The van der Waals surface area contributed by atoms with Gasteiger partial charge in [0.2, 0.25) is 0 Å². The van der Waals surface area contributed by atoms with Crippen molar-refractivity contribution < 1.29 is 14.6 Å². The van der Waals surface area contributed by atoms with Gasteiger partial charge in [0.25, 0.3) is 0 Å². The number of carboxylic acids is 1. The molecule has 2 aromatic carbocycles. The lowest BCUT2D eigenvalue weighted by atomic mass is 10.1. The van der Waals surface area contributed by atoms with E-state index >= 15 is 0 Å². The van der Waals surface area contributed by atoms with Gasteiger partial charge in [0.15, 0.2) is 0 Å². The smallest absolute Gasteiger partial charge is 0.335 e. The van der Waals surface area contributed by atoms with E-state index in [-0.39, 0.29) is 12.4 Å². The number of unbranched alkanes of at least 4 members (excludes halogenated alkanes) is 3. The Hall–Kier alpha value is -2.40. The number of rotatable bonds is 9. The number of hydrogen-bond donors (Lipinski definition) is 1. The zero-order chi connectivity index (χ0) is 19.8. The van der Waals surface area contributed by atoms with Crippen molar-refractivity contribution in [3.63, 3.8) is 0 Å². The lowest BCUT2D eigenvalue weighted by Crippen LogP contribution is -2.46. The predicted molar refractivity (Wildman–Crippen MR) is 121 cm³/mol. The summed E-state index contributed by atoms with van der Waals surface area (Å²) < 4.78 is 5.92. The summed E-state index contributed by atoms with van der Waals surface area (Å²) in [6.07, 6.45) is 4.85. The van der Waals surface area contributed by atoms with E-state index in [2.05, 4.69) is 34.9 Å². The number of carboxylic acid groups (broad SMARTS) is 1. The Morgan fingerprint density at radius 1 is 0.931 bits per heavy atom. The Morgan fingerprint density at radius 3 is 2.21 bits per heavy atom. The van der Waals surface area contributed by atoms with Crippen molar-refractivity contribution >= 4 is 29.8 Å². The molecule has 0 bridgehead atoms. The van der Waals surface area contributed by atoms with Gasteiger partial charge in [-0.05, 0) is 42.8 Å². The van der Waals surface area contributed by atoms with Gasteiger partial charge < -0.3 is 19.6 Å². The van der Waals surface area contributed by atoms with Gasteiger partial charge in [-0.2, -0.15) is 0 Å². The lowest BCUT2D eigenvalue weighted by Gasteiger charge is -2.37. The highest BCUT2D eigenvalue weighted by molar-refractivity contribution is 5.88. The zero-order valence-electron chi connectivity index (χ0n) is 17.0. The first-order valence-electron chi connectivity index (χ1n) is 10.2. The summed E-state index contributed by atoms with van der Waals surface area (Å²) in [5.41, 5.74) is 2.61. The summed E-state index contributed by atoms with van der Waals surface area (Å²) in [5, 5.41) is 9.03. The third-order valence-electron chi connectivity index (χ3n) is 5.21. The van der Waals surface area contributed by atoms with E-state index in [1.807, 2.05) is 18.2 Å². The molecule has 0 unspecified atom stereocenters. The molecule has 0 amide bonds. The second kappa shape index (κ2) is 11.6.